The summed E-state index contributed by atoms with van der Waals surface area (Å²) in [4.78, 5) is 78.8. The van der Waals surface area contributed by atoms with Crippen molar-refractivity contribution in [2.24, 2.45) is 0 Å². The van der Waals surface area contributed by atoms with Crippen LogP contribution >= 0.6 is 23.2 Å². The summed E-state index contributed by atoms with van der Waals surface area (Å²) in [6.45, 7) is -0.674. The second kappa shape index (κ2) is 17.9. The van der Waals surface area contributed by atoms with Crippen LogP contribution in [0.4, 0.5) is 5.69 Å². The number of nitrogens with one attached hydrogen (secondary N) is 3. The van der Waals surface area contributed by atoms with Crippen molar-refractivity contribution in [1.82, 2.24) is 10.6 Å². The Bertz CT molecular complexity index is 3780. The summed E-state index contributed by atoms with van der Waals surface area (Å²) >= 11 is 13.7. The molecular weight excluding hydrogens is 947 g/mol. The monoisotopic (exact) mass is 980 g/mol. The number of fused-ring (bicyclic) bond motifs is 4. The van der Waals surface area contributed by atoms with Gasteiger partial charge in [-0.25, -0.2) is 14.4 Å². The molecule has 1 aromatic heterocycles. The fourth-order valence-corrected chi connectivity index (χ4v) is 8.90. The first-order chi connectivity index (χ1) is 33.4. The molecule has 9 rings (SSSR count). The molecule has 0 saturated carbocycles. The molecule has 0 fully saturated rings. The van der Waals surface area contributed by atoms with Crippen molar-refractivity contribution >= 4 is 80.6 Å². The minimum absolute atomic E-state index is 0.0146. The van der Waals surface area contributed by atoms with Crippen LogP contribution in [0.1, 0.15) is 63.3 Å². The summed E-state index contributed by atoms with van der Waals surface area (Å²) in [5.41, 5.74) is 0.879. The van der Waals surface area contributed by atoms with Gasteiger partial charge in [0.1, 0.15) is 34.2 Å². The third-order valence-electron chi connectivity index (χ3n) is 11.6. The molecule has 7 N–H and O–H groups in total. The highest BCUT2D eigenvalue weighted by Crippen LogP contribution is 2.48. The molecule has 2 amide bonds. The zero-order valence-electron chi connectivity index (χ0n) is 36.4. The molecule has 70 heavy (non-hydrogen) atoms. The number of amides is 2. The minimum atomic E-state index is -1.47. The van der Waals surface area contributed by atoms with Crippen LogP contribution in [0, 0.1) is 5.41 Å². The maximum atomic E-state index is 13.7. The summed E-state index contributed by atoms with van der Waals surface area (Å²) < 4.78 is 18.1. The number of anilines is 1. The predicted molar refractivity (Wildman–Crippen MR) is 257 cm³/mol. The molecule has 5 aromatic rings. The lowest BCUT2D eigenvalue weighted by atomic mass is 9.89. The fraction of sp³-hybridized carbons (Fsp3) is 0.0784. The lowest BCUT2D eigenvalue weighted by Gasteiger charge is -2.21. The number of benzene rings is 6. The van der Waals surface area contributed by atoms with Crippen molar-refractivity contribution in [3.8, 4) is 50.7 Å². The summed E-state index contributed by atoms with van der Waals surface area (Å²) in [5.74, 6) is -5.98. The molecule has 4 aliphatic rings. The number of carbonyl (C=O) groups is 5. The third kappa shape index (κ3) is 8.28. The maximum absolute atomic E-state index is 13.7. The number of phenolic OH excluding ortho intramolecular Hbond substituents is 1. The van der Waals surface area contributed by atoms with E-state index in [2.05, 4.69) is 10.6 Å². The Morgan fingerprint density at radius 1 is 0.643 bits per heavy atom. The fourth-order valence-electron chi connectivity index (χ4n) is 8.29. The number of aromatic carboxylic acids is 3. The Morgan fingerprint density at radius 3 is 2.07 bits per heavy atom. The molecule has 0 saturated heterocycles. The SMILES string of the molecule is CN(C)c1ccc2c(-c3c(Cl)cc(C(=O)NCc4ccc(C(=O)NCc5c(O)ccc6c(-c7ccc(C(=O)O)cc7C(=O)O)c7ccc(=O)cc-7oc56)o4)c(Cl)c3C(=O)O)c3ccc(=N)cc-3oc2c1. The maximum Gasteiger partial charge on any atom is 0.337 e. The molecule has 2 aliphatic heterocycles. The van der Waals surface area contributed by atoms with E-state index in [4.69, 9.17) is 41.9 Å². The van der Waals surface area contributed by atoms with Crippen LogP contribution in [0.15, 0.2) is 121 Å². The van der Waals surface area contributed by atoms with Crippen LogP contribution in [0.3, 0.4) is 0 Å². The molecule has 19 heteroatoms. The number of furan rings is 1. The van der Waals surface area contributed by atoms with Gasteiger partial charge < -0.3 is 54.6 Å². The average molecular weight is 982 g/mol. The van der Waals surface area contributed by atoms with Crippen molar-refractivity contribution in [3.63, 3.8) is 0 Å². The van der Waals surface area contributed by atoms with Crippen molar-refractivity contribution in [2.75, 3.05) is 19.0 Å². The van der Waals surface area contributed by atoms with Crippen molar-refractivity contribution < 1.29 is 57.7 Å². The molecule has 0 spiro atoms. The van der Waals surface area contributed by atoms with E-state index in [1.54, 1.807) is 18.2 Å². The Hall–Kier alpha value is -8.93. The predicted octanol–water partition coefficient (Wildman–Crippen LogP) is 9.19. The number of aromatic hydroxyl groups is 1. The van der Waals surface area contributed by atoms with Crippen LogP contribution in [0.2, 0.25) is 10.0 Å². The molecule has 3 heterocycles. The summed E-state index contributed by atoms with van der Waals surface area (Å²) in [6, 6.07) is 24.1. The normalized spacial score (nSPS) is 11.3. The van der Waals surface area contributed by atoms with Gasteiger partial charge in [-0.15, -0.1) is 0 Å². The molecule has 4 aromatic carbocycles. The zero-order valence-corrected chi connectivity index (χ0v) is 37.9. The minimum Gasteiger partial charge on any atom is -0.507 e. The number of carboxylic acid groups (broad SMARTS) is 3. The largest absolute Gasteiger partial charge is 0.507 e. The number of phenols is 1. The molecule has 17 nitrogen and oxygen atoms in total. The highest BCUT2D eigenvalue weighted by Gasteiger charge is 2.30. The van der Waals surface area contributed by atoms with Gasteiger partial charge in [0.05, 0.1) is 56.3 Å². The molecule has 0 atom stereocenters. The molecule has 0 unspecified atom stereocenters. The van der Waals surface area contributed by atoms with Crippen LogP contribution < -0.4 is 26.3 Å². The number of hydrogen-bond acceptors (Lipinski definition) is 12. The second-order valence-corrected chi connectivity index (χ2v) is 16.9. The lowest BCUT2D eigenvalue weighted by Crippen LogP contribution is -2.24. The van der Waals surface area contributed by atoms with Crippen LogP contribution in [-0.4, -0.2) is 64.2 Å². The highest BCUT2D eigenvalue weighted by atomic mass is 35.5. The molecule has 350 valence electrons. The highest BCUT2D eigenvalue weighted by molar-refractivity contribution is 6.41. The van der Waals surface area contributed by atoms with E-state index in [1.807, 2.05) is 25.1 Å². The summed E-state index contributed by atoms with van der Waals surface area (Å²) in [7, 11) is 3.69. The van der Waals surface area contributed by atoms with Crippen LogP contribution in [-0.2, 0) is 13.1 Å². The van der Waals surface area contributed by atoms with Gasteiger partial charge in [-0.05, 0) is 84.4 Å². The van der Waals surface area contributed by atoms with Crippen molar-refractivity contribution in [1.29, 1.82) is 5.41 Å². The lowest BCUT2D eigenvalue weighted by molar-refractivity contribution is 0.0682. The number of rotatable bonds is 12. The van der Waals surface area contributed by atoms with E-state index in [-0.39, 0.29) is 102 Å². The van der Waals surface area contributed by atoms with Crippen LogP contribution in [0.5, 0.6) is 5.75 Å². The number of halogens is 2. The van der Waals surface area contributed by atoms with E-state index < -0.39 is 45.7 Å². The van der Waals surface area contributed by atoms with Gasteiger partial charge in [0.15, 0.2) is 11.2 Å². The third-order valence-corrected chi connectivity index (χ3v) is 12.3. The molecule has 0 bridgehead atoms. The van der Waals surface area contributed by atoms with Gasteiger partial charge in [-0.1, -0.05) is 29.3 Å². The average Bonchev–Trinajstić information content (AvgIpc) is 3.80. The van der Waals surface area contributed by atoms with E-state index in [9.17, 15) is 49.2 Å². The summed E-state index contributed by atoms with van der Waals surface area (Å²) in [6.07, 6.45) is 0. The molecule has 2 aliphatic carbocycles. The van der Waals surface area contributed by atoms with E-state index in [0.29, 0.717) is 27.7 Å². The summed E-state index contributed by atoms with van der Waals surface area (Å²) in [5, 5.41) is 55.2. The van der Waals surface area contributed by atoms with Gasteiger partial charge in [-0.3, -0.25) is 14.4 Å². The van der Waals surface area contributed by atoms with Crippen molar-refractivity contribution in [3.05, 3.63) is 168 Å². The van der Waals surface area contributed by atoms with Gasteiger partial charge in [0, 0.05) is 76.6 Å². The quantitative estimate of drug-likeness (QED) is 0.0563. The number of nitrogens with zero attached hydrogens (tertiary/aromatic N) is 1. The first kappa shape index (κ1) is 46.2. The Labute approximate surface area is 403 Å². The number of hydrogen-bond donors (Lipinski definition) is 7. The molecule has 0 radical (unpaired) electrons. The molecular formula is C51H34Cl2N4O13. The van der Waals surface area contributed by atoms with Gasteiger partial charge >= 0.3 is 17.9 Å². The smallest absolute Gasteiger partial charge is 0.337 e. The topological polar surface area (TPSA) is 274 Å². The Kier molecular flexibility index (Phi) is 11.8. The Morgan fingerprint density at radius 2 is 1.34 bits per heavy atom. The van der Waals surface area contributed by atoms with E-state index in [1.165, 1.54) is 72.8 Å². The van der Waals surface area contributed by atoms with Gasteiger partial charge in [-0.2, -0.15) is 0 Å². The zero-order chi connectivity index (χ0) is 49.9. The second-order valence-electron chi connectivity index (χ2n) is 16.1. The Balaban J connectivity index is 0.983. The first-order valence-electron chi connectivity index (χ1n) is 20.9. The standard InChI is InChI=1S/C51H34Cl2N4O13/c1-57(2)24-5-10-30-39(17-24)69-38-16-23(54)4-9-29(38)42(30)43-35(52)19-33(45(53)44(43)51(66)67)47(60)55-20-26-7-14-37(68-26)48(61)56-21-34-36(59)13-12-31-41(28-11-6-25(58)18-40(28)70-46(31)34)27-8-3-22(49(62)63)15-32(27)50(64)65/h3-19,54,59H,20-21H2,1-2H3,(H,55,60)(H,56,61)(H,62,63)(H,64,65)(H,66,67). The number of carboxylic acids is 3. The van der Waals surface area contributed by atoms with E-state index >= 15 is 0 Å². The van der Waals surface area contributed by atoms with Gasteiger partial charge in [0.25, 0.3) is 11.8 Å². The van der Waals surface area contributed by atoms with E-state index in [0.717, 1.165) is 11.8 Å². The number of carbonyl (C=O) groups excluding carboxylic acids is 2. The van der Waals surface area contributed by atoms with Crippen LogP contribution in [0.25, 0.3) is 66.8 Å². The first-order valence-corrected chi connectivity index (χ1v) is 21.6. The van der Waals surface area contributed by atoms with Gasteiger partial charge in [0.2, 0.25) is 0 Å². The van der Waals surface area contributed by atoms with Crippen molar-refractivity contribution in [2.45, 2.75) is 13.1 Å².